The Kier molecular flexibility index (Phi) is 4.52. The Morgan fingerprint density at radius 3 is 2.63 bits per heavy atom. The molecule has 19 heavy (non-hydrogen) atoms. The third-order valence-electron chi connectivity index (χ3n) is 3.52. The Hall–Kier alpha value is -1.43. The van der Waals surface area contributed by atoms with Gasteiger partial charge in [-0.15, -0.1) is 0 Å². The molecule has 5 nitrogen and oxygen atoms in total. The van der Waals surface area contributed by atoms with Gasteiger partial charge in [0.1, 0.15) is 6.10 Å². The van der Waals surface area contributed by atoms with Gasteiger partial charge in [0.05, 0.1) is 12.6 Å². The highest BCUT2D eigenvalue weighted by molar-refractivity contribution is 5.82. The quantitative estimate of drug-likeness (QED) is 0.719. The summed E-state index contributed by atoms with van der Waals surface area (Å²) in [6.07, 6.45) is -1.27. The lowest BCUT2D eigenvalue weighted by Crippen LogP contribution is -2.45. The molecule has 0 bridgehead atoms. The summed E-state index contributed by atoms with van der Waals surface area (Å²) in [6, 6.07) is 9.57. The van der Waals surface area contributed by atoms with Crippen LogP contribution in [-0.2, 0) is 4.79 Å². The maximum absolute atomic E-state index is 12.1. The third-order valence-corrected chi connectivity index (χ3v) is 3.52. The number of rotatable bonds is 4. The summed E-state index contributed by atoms with van der Waals surface area (Å²) in [5.41, 5.74) is 1.03. The molecule has 3 unspecified atom stereocenters. The van der Waals surface area contributed by atoms with Crippen LogP contribution in [0.15, 0.2) is 30.3 Å². The maximum Gasteiger partial charge on any atom is 0.254 e. The van der Waals surface area contributed by atoms with Crippen LogP contribution < -0.4 is 0 Å². The zero-order chi connectivity index (χ0) is 13.8. The van der Waals surface area contributed by atoms with E-state index in [1.54, 1.807) is 4.90 Å². The first kappa shape index (κ1) is 14.0. The van der Waals surface area contributed by atoms with Crippen LogP contribution in [0.4, 0.5) is 0 Å². The van der Waals surface area contributed by atoms with E-state index < -0.39 is 24.7 Å². The van der Waals surface area contributed by atoms with Crippen molar-refractivity contribution in [2.75, 3.05) is 13.2 Å². The standard InChI is InChI=1S/C14H19NO4/c16-9-12(17)13(18)14(19)15-8-4-7-11(15)10-5-2-1-3-6-10/h1-3,5-6,11-13,16-18H,4,7-9H2. The molecule has 1 heterocycles. The first-order valence-electron chi connectivity index (χ1n) is 6.47. The highest BCUT2D eigenvalue weighted by Crippen LogP contribution is 2.32. The van der Waals surface area contributed by atoms with Gasteiger partial charge in [0.15, 0.2) is 6.10 Å². The fraction of sp³-hybridized carbons (Fsp3) is 0.500. The summed E-state index contributed by atoms with van der Waals surface area (Å²) in [5.74, 6) is -0.520. The Labute approximate surface area is 112 Å². The minimum absolute atomic E-state index is 0.0609. The molecule has 0 aromatic heterocycles. The van der Waals surface area contributed by atoms with Gasteiger partial charge in [-0.1, -0.05) is 30.3 Å². The van der Waals surface area contributed by atoms with Crippen molar-refractivity contribution in [1.82, 2.24) is 4.90 Å². The van der Waals surface area contributed by atoms with Gasteiger partial charge >= 0.3 is 0 Å². The molecular formula is C14H19NO4. The average Bonchev–Trinajstić information content (AvgIpc) is 2.95. The maximum atomic E-state index is 12.1. The number of nitrogens with zero attached hydrogens (tertiary/aromatic N) is 1. The number of benzene rings is 1. The number of likely N-dealkylation sites (tertiary alicyclic amines) is 1. The van der Waals surface area contributed by atoms with E-state index in [0.717, 1.165) is 18.4 Å². The van der Waals surface area contributed by atoms with E-state index in [1.807, 2.05) is 30.3 Å². The summed E-state index contributed by atoms with van der Waals surface area (Å²) in [6.45, 7) is -0.0651. The largest absolute Gasteiger partial charge is 0.394 e. The van der Waals surface area contributed by atoms with E-state index in [9.17, 15) is 15.0 Å². The zero-order valence-electron chi connectivity index (χ0n) is 10.6. The molecule has 0 saturated carbocycles. The fourth-order valence-electron chi connectivity index (χ4n) is 2.49. The van der Waals surface area contributed by atoms with E-state index >= 15 is 0 Å². The van der Waals surface area contributed by atoms with Gasteiger partial charge in [0.25, 0.3) is 5.91 Å². The lowest BCUT2D eigenvalue weighted by Gasteiger charge is -2.28. The molecule has 0 radical (unpaired) electrons. The van der Waals surface area contributed by atoms with Crippen molar-refractivity contribution in [2.45, 2.75) is 31.1 Å². The molecule has 1 aliphatic rings. The van der Waals surface area contributed by atoms with Gasteiger partial charge in [-0.2, -0.15) is 0 Å². The number of carbonyl (C=O) groups excluding carboxylic acids is 1. The van der Waals surface area contributed by atoms with Gasteiger partial charge in [-0.05, 0) is 18.4 Å². The van der Waals surface area contributed by atoms with Gasteiger partial charge in [-0.25, -0.2) is 0 Å². The number of hydrogen-bond acceptors (Lipinski definition) is 4. The van der Waals surface area contributed by atoms with Crippen molar-refractivity contribution in [3.8, 4) is 0 Å². The second kappa shape index (κ2) is 6.14. The van der Waals surface area contributed by atoms with Crippen LogP contribution in [0.1, 0.15) is 24.4 Å². The molecule has 1 fully saturated rings. The van der Waals surface area contributed by atoms with Crippen LogP contribution in [0.2, 0.25) is 0 Å². The van der Waals surface area contributed by atoms with E-state index in [2.05, 4.69) is 0 Å². The van der Waals surface area contributed by atoms with Crippen molar-refractivity contribution in [2.24, 2.45) is 0 Å². The van der Waals surface area contributed by atoms with E-state index in [-0.39, 0.29) is 6.04 Å². The fourth-order valence-corrected chi connectivity index (χ4v) is 2.49. The first-order chi connectivity index (χ1) is 9.15. The second-order valence-electron chi connectivity index (χ2n) is 4.80. The highest BCUT2D eigenvalue weighted by Gasteiger charge is 2.35. The molecular weight excluding hydrogens is 246 g/mol. The monoisotopic (exact) mass is 265 g/mol. The Balaban J connectivity index is 2.13. The first-order valence-corrected chi connectivity index (χ1v) is 6.47. The summed E-state index contributed by atoms with van der Waals surface area (Å²) in [4.78, 5) is 13.7. The van der Waals surface area contributed by atoms with Crippen LogP contribution in [0.3, 0.4) is 0 Å². The van der Waals surface area contributed by atoms with Crippen LogP contribution in [0.25, 0.3) is 0 Å². The molecule has 0 aliphatic carbocycles. The number of hydrogen-bond donors (Lipinski definition) is 3. The van der Waals surface area contributed by atoms with Crippen LogP contribution >= 0.6 is 0 Å². The minimum atomic E-state index is -1.56. The molecule has 1 aliphatic heterocycles. The number of aliphatic hydroxyl groups excluding tert-OH is 3. The van der Waals surface area contributed by atoms with Gasteiger partial charge in [0.2, 0.25) is 0 Å². The molecule has 1 saturated heterocycles. The summed E-state index contributed by atoms with van der Waals surface area (Å²) >= 11 is 0. The van der Waals surface area contributed by atoms with E-state index in [4.69, 9.17) is 5.11 Å². The van der Waals surface area contributed by atoms with Crippen molar-refractivity contribution in [3.63, 3.8) is 0 Å². The Morgan fingerprint density at radius 1 is 1.32 bits per heavy atom. The van der Waals surface area contributed by atoms with Crippen molar-refractivity contribution in [3.05, 3.63) is 35.9 Å². The summed E-state index contributed by atoms with van der Waals surface area (Å²) in [5, 5.41) is 27.9. The number of aliphatic hydroxyl groups is 3. The van der Waals surface area contributed by atoms with Gasteiger partial charge < -0.3 is 20.2 Å². The van der Waals surface area contributed by atoms with Crippen molar-refractivity contribution < 1.29 is 20.1 Å². The third kappa shape index (κ3) is 2.94. The normalized spacial score (nSPS) is 22.3. The van der Waals surface area contributed by atoms with Gasteiger partial charge in [0, 0.05) is 6.54 Å². The molecule has 1 amide bonds. The minimum Gasteiger partial charge on any atom is -0.394 e. The molecule has 3 atom stereocenters. The number of carbonyl (C=O) groups is 1. The molecule has 0 spiro atoms. The summed E-state index contributed by atoms with van der Waals surface area (Å²) < 4.78 is 0. The summed E-state index contributed by atoms with van der Waals surface area (Å²) in [7, 11) is 0. The van der Waals surface area contributed by atoms with Crippen LogP contribution in [0, 0.1) is 0 Å². The topological polar surface area (TPSA) is 81.0 Å². The lowest BCUT2D eigenvalue weighted by atomic mass is 10.0. The van der Waals surface area contributed by atoms with E-state index in [1.165, 1.54) is 0 Å². The lowest BCUT2D eigenvalue weighted by molar-refractivity contribution is -0.148. The number of amides is 1. The molecule has 3 N–H and O–H groups in total. The molecule has 2 rings (SSSR count). The Bertz CT molecular complexity index is 423. The molecule has 5 heteroatoms. The van der Waals surface area contributed by atoms with Crippen molar-refractivity contribution in [1.29, 1.82) is 0 Å². The SMILES string of the molecule is O=C(C(O)C(O)CO)N1CCCC1c1ccccc1. The van der Waals surface area contributed by atoms with E-state index in [0.29, 0.717) is 6.54 Å². The van der Waals surface area contributed by atoms with Gasteiger partial charge in [-0.3, -0.25) is 4.79 Å². The highest BCUT2D eigenvalue weighted by atomic mass is 16.4. The molecule has 1 aromatic rings. The zero-order valence-corrected chi connectivity index (χ0v) is 10.6. The smallest absolute Gasteiger partial charge is 0.254 e. The molecule has 104 valence electrons. The average molecular weight is 265 g/mol. The molecule has 1 aromatic carbocycles. The van der Waals surface area contributed by atoms with Crippen LogP contribution in [0.5, 0.6) is 0 Å². The second-order valence-corrected chi connectivity index (χ2v) is 4.80. The predicted octanol–water partition coefficient (Wildman–Crippen LogP) is 0.0642. The van der Waals surface area contributed by atoms with Crippen molar-refractivity contribution >= 4 is 5.91 Å². The van der Waals surface area contributed by atoms with Crippen LogP contribution in [-0.4, -0.2) is 51.5 Å². The Morgan fingerprint density at radius 2 is 2.00 bits per heavy atom. The predicted molar refractivity (Wildman–Crippen MR) is 69.2 cm³/mol.